The monoisotopic (exact) mass is 236 g/mol. The van der Waals surface area contributed by atoms with Gasteiger partial charge in [0.15, 0.2) is 0 Å². The molecule has 1 aliphatic rings. The lowest BCUT2D eigenvalue weighted by atomic mass is 9.96. The van der Waals surface area contributed by atoms with Gasteiger partial charge in [0.25, 0.3) is 0 Å². The summed E-state index contributed by atoms with van der Waals surface area (Å²) in [4.78, 5) is 0. The van der Waals surface area contributed by atoms with Crippen LogP contribution in [0.15, 0.2) is 16.5 Å². The summed E-state index contributed by atoms with van der Waals surface area (Å²) in [6, 6.07) is 4.10. The second-order valence-electron chi connectivity index (χ2n) is 5.01. The summed E-state index contributed by atoms with van der Waals surface area (Å²) >= 11 is 0. The van der Waals surface area contributed by atoms with E-state index >= 15 is 0 Å². The minimum Gasteiger partial charge on any atom is -0.466 e. The predicted octanol–water partition coefficient (Wildman–Crippen LogP) is 2.11. The molecule has 3 heteroatoms. The molecular weight excluding hydrogens is 212 g/mol. The van der Waals surface area contributed by atoms with E-state index < -0.39 is 0 Å². The molecule has 1 fully saturated rings. The zero-order valence-electron chi connectivity index (χ0n) is 10.8. The topological polar surface area (TPSA) is 37.2 Å². The smallest absolute Gasteiger partial charge is 0.105 e. The zero-order chi connectivity index (χ0) is 11.9. The van der Waals surface area contributed by atoms with Crippen LogP contribution in [0.25, 0.3) is 0 Å². The van der Waals surface area contributed by atoms with Crippen molar-refractivity contribution in [2.45, 2.75) is 32.6 Å². The molecule has 0 spiro atoms. The van der Waals surface area contributed by atoms with Crippen molar-refractivity contribution < 1.29 is 4.42 Å². The fraction of sp³-hybridized carbons (Fsp3) is 0.714. The number of hydrogen-bond donors (Lipinski definition) is 2. The van der Waals surface area contributed by atoms with Gasteiger partial charge in [-0.1, -0.05) is 0 Å². The van der Waals surface area contributed by atoms with Crippen molar-refractivity contribution >= 4 is 0 Å². The normalized spacial score (nSPS) is 20.6. The number of hydrogen-bond acceptors (Lipinski definition) is 3. The molecular formula is C14H24N2O. The summed E-state index contributed by atoms with van der Waals surface area (Å²) in [5, 5.41) is 6.96. The van der Waals surface area contributed by atoms with Gasteiger partial charge in [0, 0.05) is 13.0 Å². The molecule has 1 aliphatic heterocycles. The van der Waals surface area contributed by atoms with E-state index in [9.17, 15) is 0 Å². The van der Waals surface area contributed by atoms with E-state index in [1.165, 1.54) is 32.4 Å². The Balaban J connectivity index is 1.51. The molecule has 1 atom stereocenters. The molecule has 1 unspecified atom stereocenters. The second-order valence-corrected chi connectivity index (χ2v) is 5.01. The van der Waals surface area contributed by atoms with Crippen LogP contribution in [0.5, 0.6) is 0 Å². The number of rotatable bonds is 6. The van der Waals surface area contributed by atoms with Crippen LogP contribution < -0.4 is 10.6 Å². The summed E-state index contributed by atoms with van der Waals surface area (Å²) in [6.45, 7) is 6.56. The highest BCUT2D eigenvalue weighted by Gasteiger charge is 2.11. The van der Waals surface area contributed by atoms with Crippen molar-refractivity contribution in [2.75, 3.05) is 26.2 Å². The first-order chi connectivity index (χ1) is 8.34. The van der Waals surface area contributed by atoms with E-state index in [1.807, 2.05) is 13.0 Å². The Labute approximate surface area is 104 Å². The molecule has 0 saturated carbocycles. The van der Waals surface area contributed by atoms with E-state index in [1.54, 1.807) is 0 Å². The Morgan fingerprint density at radius 2 is 2.35 bits per heavy atom. The maximum absolute atomic E-state index is 5.53. The molecule has 0 aromatic carbocycles. The first-order valence-electron chi connectivity index (χ1n) is 6.81. The zero-order valence-corrected chi connectivity index (χ0v) is 10.8. The summed E-state index contributed by atoms with van der Waals surface area (Å²) in [5.74, 6) is 2.98. The van der Waals surface area contributed by atoms with Crippen LogP contribution in [0.4, 0.5) is 0 Å². The van der Waals surface area contributed by atoms with Crippen molar-refractivity contribution in [3.63, 3.8) is 0 Å². The van der Waals surface area contributed by atoms with Crippen LogP contribution in [-0.2, 0) is 6.42 Å². The number of nitrogens with one attached hydrogen (secondary N) is 2. The van der Waals surface area contributed by atoms with Crippen molar-refractivity contribution in [2.24, 2.45) is 5.92 Å². The van der Waals surface area contributed by atoms with Crippen LogP contribution in [0.1, 0.15) is 30.8 Å². The Morgan fingerprint density at radius 3 is 3.06 bits per heavy atom. The summed E-state index contributed by atoms with van der Waals surface area (Å²) in [5.41, 5.74) is 0. The lowest BCUT2D eigenvalue weighted by molar-refractivity contribution is 0.351. The van der Waals surface area contributed by atoms with Crippen molar-refractivity contribution in [1.29, 1.82) is 0 Å². The van der Waals surface area contributed by atoms with Gasteiger partial charge in [-0.2, -0.15) is 0 Å². The van der Waals surface area contributed by atoms with Crippen LogP contribution >= 0.6 is 0 Å². The molecule has 1 saturated heterocycles. The molecule has 2 rings (SSSR count). The lowest BCUT2D eigenvalue weighted by Crippen LogP contribution is -2.32. The molecule has 0 amide bonds. The highest BCUT2D eigenvalue weighted by Crippen LogP contribution is 2.12. The second kappa shape index (κ2) is 6.82. The quantitative estimate of drug-likeness (QED) is 0.743. The molecule has 2 N–H and O–H groups in total. The van der Waals surface area contributed by atoms with Crippen LogP contribution in [0, 0.1) is 12.8 Å². The van der Waals surface area contributed by atoms with Crippen molar-refractivity contribution in [3.05, 3.63) is 23.7 Å². The SMILES string of the molecule is Cc1ccc(CCNCCC2CCCNC2)o1. The van der Waals surface area contributed by atoms with E-state index in [0.717, 1.165) is 36.9 Å². The van der Waals surface area contributed by atoms with E-state index in [2.05, 4.69) is 16.7 Å². The van der Waals surface area contributed by atoms with Crippen molar-refractivity contribution in [1.82, 2.24) is 10.6 Å². The molecule has 2 heterocycles. The average Bonchev–Trinajstić information content (AvgIpc) is 2.76. The Bertz CT molecular complexity index is 316. The minimum absolute atomic E-state index is 0.877. The maximum atomic E-state index is 5.53. The van der Waals surface area contributed by atoms with Gasteiger partial charge in [-0.05, 0) is 63.9 Å². The lowest BCUT2D eigenvalue weighted by Gasteiger charge is -2.22. The molecule has 0 radical (unpaired) electrons. The summed E-state index contributed by atoms with van der Waals surface area (Å²) in [7, 11) is 0. The average molecular weight is 236 g/mol. The first kappa shape index (κ1) is 12.7. The van der Waals surface area contributed by atoms with Gasteiger partial charge in [-0.15, -0.1) is 0 Å². The molecule has 0 bridgehead atoms. The van der Waals surface area contributed by atoms with E-state index in [-0.39, 0.29) is 0 Å². The molecule has 1 aromatic heterocycles. The standard InChI is InChI=1S/C14H24N2O/c1-12-4-5-14(17-12)7-10-15-9-6-13-3-2-8-16-11-13/h4-5,13,15-16H,2-3,6-11H2,1H3. The first-order valence-corrected chi connectivity index (χ1v) is 6.81. The minimum atomic E-state index is 0.877. The largest absolute Gasteiger partial charge is 0.466 e. The number of piperidine rings is 1. The summed E-state index contributed by atoms with van der Waals surface area (Å²) in [6.07, 6.45) is 5.03. The van der Waals surface area contributed by atoms with E-state index in [0.29, 0.717) is 0 Å². The Hall–Kier alpha value is -0.800. The Kier molecular flexibility index (Phi) is 5.08. The van der Waals surface area contributed by atoms with Crippen LogP contribution in [0.2, 0.25) is 0 Å². The van der Waals surface area contributed by atoms with Crippen molar-refractivity contribution in [3.8, 4) is 0 Å². The van der Waals surface area contributed by atoms with Gasteiger partial charge in [0.2, 0.25) is 0 Å². The third-order valence-electron chi connectivity index (χ3n) is 3.47. The molecule has 96 valence electrons. The van der Waals surface area contributed by atoms with Gasteiger partial charge < -0.3 is 15.1 Å². The molecule has 17 heavy (non-hydrogen) atoms. The molecule has 1 aromatic rings. The van der Waals surface area contributed by atoms with Gasteiger partial charge in [0.05, 0.1) is 0 Å². The van der Waals surface area contributed by atoms with Crippen LogP contribution in [0.3, 0.4) is 0 Å². The van der Waals surface area contributed by atoms with Gasteiger partial charge in [-0.25, -0.2) is 0 Å². The van der Waals surface area contributed by atoms with Crippen LogP contribution in [-0.4, -0.2) is 26.2 Å². The number of furan rings is 1. The Morgan fingerprint density at radius 1 is 1.41 bits per heavy atom. The molecule has 0 aliphatic carbocycles. The predicted molar refractivity (Wildman–Crippen MR) is 70.2 cm³/mol. The van der Waals surface area contributed by atoms with Gasteiger partial charge in [-0.3, -0.25) is 0 Å². The number of aryl methyl sites for hydroxylation is 1. The third-order valence-corrected chi connectivity index (χ3v) is 3.47. The van der Waals surface area contributed by atoms with E-state index in [4.69, 9.17) is 4.42 Å². The van der Waals surface area contributed by atoms with Gasteiger partial charge in [0.1, 0.15) is 11.5 Å². The van der Waals surface area contributed by atoms with Gasteiger partial charge >= 0.3 is 0 Å². The fourth-order valence-electron chi connectivity index (χ4n) is 2.43. The highest BCUT2D eigenvalue weighted by molar-refractivity contribution is 5.05. The third kappa shape index (κ3) is 4.52. The highest BCUT2D eigenvalue weighted by atomic mass is 16.3. The maximum Gasteiger partial charge on any atom is 0.105 e. The molecule has 3 nitrogen and oxygen atoms in total. The summed E-state index contributed by atoms with van der Waals surface area (Å²) < 4.78 is 5.53. The fourth-order valence-corrected chi connectivity index (χ4v) is 2.43.